The highest BCUT2D eigenvalue weighted by Crippen LogP contribution is 2.39. The molecular formula is C19H21ClN2O6S. The lowest BCUT2D eigenvalue weighted by atomic mass is 9.88. The standard InChI is InChI=1S/C19H21ClN2O6S/c1-4-27-18(24)11-9-14-15(16(23)19(2,3)28-17(14)21-10-11)22-29(25,26)13-7-5-12(20)6-8-13/h5-10,15-16,22-23H,4H2,1-3H3/t15-,16+/m1/s1. The number of sulfonamides is 1. The Morgan fingerprint density at radius 2 is 2.00 bits per heavy atom. The first kappa shape index (κ1) is 21.5. The first-order chi connectivity index (χ1) is 13.5. The van der Waals surface area contributed by atoms with Gasteiger partial charge in [-0.1, -0.05) is 11.6 Å². The Morgan fingerprint density at radius 1 is 1.34 bits per heavy atom. The molecule has 1 aromatic heterocycles. The molecule has 3 rings (SSSR count). The largest absolute Gasteiger partial charge is 0.469 e. The van der Waals surface area contributed by atoms with Crippen molar-refractivity contribution < 1.29 is 27.8 Å². The maximum absolute atomic E-state index is 12.9. The number of hydrogen-bond donors (Lipinski definition) is 2. The Kier molecular flexibility index (Phi) is 5.86. The monoisotopic (exact) mass is 440 g/mol. The Hall–Kier alpha value is -2.20. The number of halogens is 1. The molecule has 0 unspecified atom stereocenters. The predicted octanol–water partition coefficient (Wildman–Crippen LogP) is 2.46. The van der Waals surface area contributed by atoms with Crippen molar-refractivity contribution in [2.45, 2.75) is 43.4 Å². The number of esters is 1. The molecule has 2 N–H and O–H groups in total. The molecule has 0 saturated heterocycles. The number of ether oxygens (including phenoxy) is 2. The van der Waals surface area contributed by atoms with Gasteiger partial charge in [0, 0.05) is 16.8 Å². The molecule has 1 aromatic carbocycles. The lowest BCUT2D eigenvalue weighted by molar-refractivity contribution is -0.0632. The molecule has 0 fully saturated rings. The van der Waals surface area contributed by atoms with Crippen LogP contribution in [0.5, 0.6) is 5.88 Å². The van der Waals surface area contributed by atoms with E-state index in [9.17, 15) is 18.3 Å². The molecule has 0 radical (unpaired) electrons. The van der Waals surface area contributed by atoms with Crippen LogP contribution in [0.2, 0.25) is 5.02 Å². The van der Waals surface area contributed by atoms with E-state index in [1.54, 1.807) is 20.8 Å². The van der Waals surface area contributed by atoms with Gasteiger partial charge in [0.25, 0.3) is 0 Å². The number of nitrogens with zero attached hydrogens (tertiary/aromatic N) is 1. The number of aliphatic hydroxyl groups is 1. The van der Waals surface area contributed by atoms with Crippen LogP contribution in [-0.4, -0.2) is 42.8 Å². The lowest BCUT2D eigenvalue weighted by Gasteiger charge is -2.41. The zero-order valence-electron chi connectivity index (χ0n) is 16.0. The van der Waals surface area contributed by atoms with Crippen molar-refractivity contribution in [3.63, 3.8) is 0 Å². The van der Waals surface area contributed by atoms with Gasteiger partial charge in [0.15, 0.2) is 0 Å². The van der Waals surface area contributed by atoms with Gasteiger partial charge in [0.2, 0.25) is 15.9 Å². The minimum absolute atomic E-state index is 0.0190. The summed E-state index contributed by atoms with van der Waals surface area (Å²) in [5, 5.41) is 11.2. The average molecular weight is 441 g/mol. The number of hydrogen-bond acceptors (Lipinski definition) is 7. The van der Waals surface area contributed by atoms with Crippen LogP contribution in [0.1, 0.15) is 42.7 Å². The van der Waals surface area contributed by atoms with Crippen molar-refractivity contribution in [2.75, 3.05) is 6.61 Å². The molecule has 156 valence electrons. The number of carbonyl (C=O) groups is 1. The molecule has 0 spiro atoms. The molecule has 10 heteroatoms. The van der Waals surface area contributed by atoms with Crippen molar-refractivity contribution in [1.82, 2.24) is 9.71 Å². The fourth-order valence-corrected chi connectivity index (χ4v) is 4.31. The van der Waals surface area contributed by atoms with Crippen molar-refractivity contribution in [3.8, 4) is 5.88 Å². The molecule has 2 atom stereocenters. The second-order valence-corrected chi connectivity index (χ2v) is 9.19. The molecule has 1 aliphatic rings. The van der Waals surface area contributed by atoms with Gasteiger partial charge in [-0.05, 0) is 51.1 Å². The summed E-state index contributed by atoms with van der Waals surface area (Å²) in [7, 11) is -4.01. The molecule has 0 amide bonds. The summed E-state index contributed by atoms with van der Waals surface area (Å²) in [6, 6.07) is 5.93. The summed E-state index contributed by atoms with van der Waals surface area (Å²) in [5.74, 6) is -0.487. The maximum Gasteiger partial charge on any atom is 0.339 e. The highest BCUT2D eigenvalue weighted by molar-refractivity contribution is 7.89. The van der Waals surface area contributed by atoms with E-state index in [4.69, 9.17) is 21.1 Å². The third-order valence-electron chi connectivity index (χ3n) is 4.52. The zero-order chi connectivity index (χ0) is 21.4. The number of pyridine rings is 1. The number of aromatic nitrogens is 1. The highest BCUT2D eigenvalue weighted by Gasteiger charge is 2.45. The molecule has 2 heterocycles. The normalized spacial score (nSPS) is 20.4. The quantitative estimate of drug-likeness (QED) is 0.686. The van der Waals surface area contributed by atoms with Crippen LogP contribution < -0.4 is 9.46 Å². The molecule has 1 aliphatic heterocycles. The van der Waals surface area contributed by atoms with Gasteiger partial charge in [-0.15, -0.1) is 0 Å². The van der Waals surface area contributed by atoms with Crippen LogP contribution in [0.25, 0.3) is 0 Å². The Bertz CT molecular complexity index is 1020. The van der Waals surface area contributed by atoms with Gasteiger partial charge < -0.3 is 14.6 Å². The summed E-state index contributed by atoms with van der Waals surface area (Å²) in [6.07, 6.45) is 0.0337. The number of rotatable bonds is 5. The van der Waals surface area contributed by atoms with E-state index in [-0.39, 0.29) is 28.5 Å². The van der Waals surface area contributed by atoms with Crippen LogP contribution >= 0.6 is 11.6 Å². The summed E-state index contributed by atoms with van der Waals surface area (Å²) in [5.41, 5.74) is -0.768. The van der Waals surface area contributed by atoms with E-state index in [0.29, 0.717) is 5.02 Å². The van der Waals surface area contributed by atoms with Crippen LogP contribution in [-0.2, 0) is 14.8 Å². The van der Waals surface area contributed by atoms with Gasteiger partial charge in [-0.25, -0.2) is 22.9 Å². The number of fused-ring (bicyclic) bond motifs is 1. The van der Waals surface area contributed by atoms with Crippen molar-refractivity contribution in [2.24, 2.45) is 0 Å². The average Bonchev–Trinajstić information content (AvgIpc) is 2.65. The predicted molar refractivity (Wildman–Crippen MR) is 105 cm³/mol. The smallest absolute Gasteiger partial charge is 0.339 e. The SMILES string of the molecule is CCOC(=O)c1cnc2c(c1)[C@@H](NS(=O)(=O)c1ccc(Cl)cc1)[C@H](O)C(C)(C)O2. The molecule has 29 heavy (non-hydrogen) atoms. The Morgan fingerprint density at radius 3 is 2.62 bits per heavy atom. The fourth-order valence-electron chi connectivity index (χ4n) is 2.96. The minimum atomic E-state index is -4.01. The number of benzene rings is 1. The minimum Gasteiger partial charge on any atom is -0.469 e. The molecule has 0 saturated carbocycles. The van der Waals surface area contributed by atoms with E-state index in [2.05, 4.69) is 9.71 Å². The molecule has 0 aliphatic carbocycles. The first-order valence-corrected chi connectivity index (χ1v) is 10.7. The second-order valence-electron chi connectivity index (χ2n) is 7.04. The molecular weight excluding hydrogens is 420 g/mol. The van der Waals surface area contributed by atoms with Gasteiger partial charge in [-0.3, -0.25) is 0 Å². The van der Waals surface area contributed by atoms with E-state index in [0.717, 1.165) is 0 Å². The molecule has 2 aromatic rings. The highest BCUT2D eigenvalue weighted by atomic mass is 35.5. The number of aliphatic hydroxyl groups excluding tert-OH is 1. The maximum atomic E-state index is 12.9. The van der Waals surface area contributed by atoms with E-state index < -0.39 is 33.7 Å². The van der Waals surface area contributed by atoms with Crippen LogP contribution in [0.4, 0.5) is 0 Å². The zero-order valence-corrected chi connectivity index (χ0v) is 17.6. The summed E-state index contributed by atoms with van der Waals surface area (Å²) in [6.45, 7) is 5.08. The van der Waals surface area contributed by atoms with Gasteiger partial charge in [0.1, 0.15) is 11.7 Å². The number of carbonyl (C=O) groups excluding carboxylic acids is 1. The van der Waals surface area contributed by atoms with Gasteiger partial charge >= 0.3 is 5.97 Å². The molecule has 8 nitrogen and oxygen atoms in total. The second kappa shape index (κ2) is 7.91. The Balaban J connectivity index is 2.04. The van der Waals surface area contributed by atoms with Crippen molar-refractivity contribution in [1.29, 1.82) is 0 Å². The lowest BCUT2D eigenvalue weighted by Crippen LogP contribution is -2.53. The molecule has 0 bridgehead atoms. The van der Waals surface area contributed by atoms with Crippen molar-refractivity contribution >= 4 is 27.6 Å². The first-order valence-electron chi connectivity index (χ1n) is 8.87. The van der Waals surface area contributed by atoms with Gasteiger partial charge in [0.05, 0.1) is 23.1 Å². The summed E-state index contributed by atoms with van der Waals surface area (Å²) >= 11 is 5.83. The fraction of sp³-hybridized carbons (Fsp3) is 0.368. The third-order valence-corrected chi connectivity index (χ3v) is 6.23. The number of nitrogens with one attached hydrogen (secondary N) is 1. The van der Waals surface area contributed by atoms with Crippen molar-refractivity contribution in [3.05, 3.63) is 52.7 Å². The van der Waals surface area contributed by atoms with Crippen LogP contribution in [0, 0.1) is 0 Å². The summed E-state index contributed by atoms with van der Waals surface area (Å²) < 4.78 is 39.0. The topological polar surface area (TPSA) is 115 Å². The Labute approximate surface area is 173 Å². The van der Waals surface area contributed by atoms with E-state index in [1.165, 1.54) is 36.5 Å². The third kappa shape index (κ3) is 4.37. The van der Waals surface area contributed by atoms with E-state index >= 15 is 0 Å². The van der Waals surface area contributed by atoms with Crippen LogP contribution in [0.15, 0.2) is 41.4 Å². The van der Waals surface area contributed by atoms with Gasteiger partial charge in [-0.2, -0.15) is 0 Å². The van der Waals surface area contributed by atoms with E-state index in [1.807, 2.05) is 0 Å². The summed E-state index contributed by atoms with van der Waals surface area (Å²) in [4.78, 5) is 16.2. The van der Waals surface area contributed by atoms with Crippen LogP contribution in [0.3, 0.4) is 0 Å².